The van der Waals surface area contributed by atoms with Gasteiger partial charge < -0.3 is 10.1 Å². The molecule has 2 aromatic rings. The van der Waals surface area contributed by atoms with Gasteiger partial charge in [-0.25, -0.2) is 0 Å². The topological polar surface area (TPSA) is 42.0 Å². The molecule has 0 amide bonds. The zero-order valence-corrected chi connectivity index (χ0v) is 12.7. The molecular weight excluding hydrogens is 272 g/mol. The summed E-state index contributed by atoms with van der Waals surface area (Å²) in [6.07, 6.45) is 7.85. The number of carbonyl (C=O) groups is 1. The maximum absolute atomic E-state index is 11.6. The highest BCUT2D eigenvalue weighted by molar-refractivity contribution is 5.67. The van der Waals surface area contributed by atoms with Gasteiger partial charge in [0.05, 0.1) is 0 Å². The summed E-state index contributed by atoms with van der Waals surface area (Å²) in [4.78, 5) is 15.8. The van der Waals surface area contributed by atoms with Crippen LogP contribution < -0.4 is 5.32 Å². The number of aromatic nitrogens is 1. The summed E-state index contributed by atoms with van der Waals surface area (Å²) < 4.78 is 0. The number of carbonyl (C=O) groups excluding carboxylic acids is 1. The monoisotopic (exact) mass is 294 g/mol. The van der Waals surface area contributed by atoms with Gasteiger partial charge in [-0.3, -0.25) is 4.98 Å². The third-order valence-corrected chi connectivity index (χ3v) is 4.61. The molecule has 1 aromatic heterocycles. The summed E-state index contributed by atoms with van der Waals surface area (Å²) in [7, 11) is 0. The van der Waals surface area contributed by atoms with Crippen LogP contribution in [0.4, 0.5) is 0 Å². The Balaban J connectivity index is 1.83. The van der Waals surface area contributed by atoms with Crippen LogP contribution in [0.15, 0.2) is 48.8 Å². The summed E-state index contributed by atoms with van der Waals surface area (Å²) in [5, 5.41) is 3.37. The Bertz CT molecular complexity index is 606. The van der Waals surface area contributed by atoms with Crippen LogP contribution in [0.3, 0.4) is 0 Å². The molecule has 3 rings (SSSR count). The summed E-state index contributed by atoms with van der Waals surface area (Å²) in [5.41, 5.74) is 3.55. The van der Waals surface area contributed by atoms with E-state index in [-0.39, 0.29) is 5.92 Å². The fourth-order valence-corrected chi connectivity index (χ4v) is 3.35. The summed E-state index contributed by atoms with van der Waals surface area (Å²) in [6, 6.07) is 12.4. The molecule has 3 nitrogen and oxygen atoms in total. The van der Waals surface area contributed by atoms with E-state index in [1.165, 1.54) is 11.1 Å². The molecule has 3 heteroatoms. The van der Waals surface area contributed by atoms with Crippen LogP contribution in [0.25, 0.3) is 11.1 Å². The maximum Gasteiger partial charge on any atom is 0.123 e. The average Bonchev–Trinajstić information content (AvgIpc) is 2.61. The minimum Gasteiger partial charge on any atom is -0.317 e. The highest BCUT2D eigenvalue weighted by Gasteiger charge is 2.24. The molecule has 114 valence electrons. The summed E-state index contributed by atoms with van der Waals surface area (Å²) >= 11 is 0. The lowest BCUT2D eigenvalue weighted by atomic mass is 9.81. The molecular formula is C19H22N2O. The number of hydrogen-bond donors (Lipinski definition) is 1. The van der Waals surface area contributed by atoms with Gasteiger partial charge in [0.2, 0.25) is 0 Å². The van der Waals surface area contributed by atoms with Crippen LogP contribution in [-0.4, -0.2) is 24.4 Å². The van der Waals surface area contributed by atoms with Crippen molar-refractivity contribution in [1.82, 2.24) is 10.3 Å². The number of benzene rings is 1. The third kappa shape index (κ3) is 3.42. The Morgan fingerprint density at radius 3 is 2.73 bits per heavy atom. The van der Waals surface area contributed by atoms with Gasteiger partial charge in [-0.2, -0.15) is 0 Å². The average molecular weight is 294 g/mol. The SMILES string of the molecule is O=CC(Cc1ccccc1-c1cccnc1)C1CCNCC1. The Morgan fingerprint density at radius 2 is 2.00 bits per heavy atom. The highest BCUT2D eigenvalue weighted by atomic mass is 16.1. The number of pyridine rings is 1. The lowest BCUT2D eigenvalue weighted by Gasteiger charge is -2.28. The molecule has 1 aromatic carbocycles. The molecule has 1 unspecified atom stereocenters. The molecule has 0 radical (unpaired) electrons. The first-order chi connectivity index (χ1) is 10.9. The van der Waals surface area contributed by atoms with Gasteiger partial charge in [-0.1, -0.05) is 30.3 Å². The van der Waals surface area contributed by atoms with E-state index in [1.807, 2.05) is 18.3 Å². The number of rotatable bonds is 5. The molecule has 22 heavy (non-hydrogen) atoms. The van der Waals surface area contributed by atoms with Crippen LogP contribution in [0.2, 0.25) is 0 Å². The van der Waals surface area contributed by atoms with Gasteiger partial charge in [-0.15, -0.1) is 0 Å². The van der Waals surface area contributed by atoms with Gasteiger partial charge in [0.1, 0.15) is 6.29 Å². The quantitative estimate of drug-likeness (QED) is 0.862. The molecule has 1 aliphatic rings. The zero-order valence-electron chi connectivity index (χ0n) is 12.7. The van der Waals surface area contributed by atoms with Crippen LogP contribution >= 0.6 is 0 Å². The Hall–Kier alpha value is -2.00. The second kappa shape index (κ2) is 7.32. The van der Waals surface area contributed by atoms with Crippen molar-refractivity contribution in [3.8, 4) is 11.1 Å². The molecule has 0 bridgehead atoms. The van der Waals surface area contributed by atoms with Crippen molar-refractivity contribution in [3.63, 3.8) is 0 Å². The Morgan fingerprint density at radius 1 is 1.18 bits per heavy atom. The van der Waals surface area contributed by atoms with E-state index in [0.717, 1.165) is 44.2 Å². The predicted octanol–water partition coefficient (Wildman–Crippen LogP) is 3.11. The molecule has 1 saturated heterocycles. The lowest BCUT2D eigenvalue weighted by Crippen LogP contribution is -2.33. The second-order valence-corrected chi connectivity index (χ2v) is 5.99. The Kier molecular flexibility index (Phi) is 4.96. The van der Waals surface area contributed by atoms with Gasteiger partial charge >= 0.3 is 0 Å². The first-order valence-electron chi connectivity index (χ1n) is 8.03. The van der Waals surface area contributed by atoms with Crippen LogP contribution in [-0.2, 0) is 11.2 Å². The number of hydrogen-bond acceptors (Lipinski definition) is 3. The highest BCUT2D eigenvalue weighted by Crippen LogP contribution is 2.29. The fourth-order valence-electron chi connectivity index (χ4n) is 3.35. The maximum atomic E-state index is 11.6. The molecule has 0 aliphatic carbocycles. The van der Waals surface area contributed by atoms with E-state index >= 15 is 0 Å². The molecule has 1 fully saturated rings. The van der Waals surface area contributed by atoms with Crippen molar-refractivity contribution < 1.29 is 4.79 Å². The van der Waals surface area contributed by atoms with Crippen LogP contribution in [0.1, 0.15) is 18.4 Å². The first kappa shape index (κ1) is 14.9. The van der Waals surface area contributed by atoms with E-state index < -0.39 is 0 Å². The van der Waals surface area contributed by atoms with E-state index in [0.29, 0.717) is 5.92 Å². The number of piperidine rings is 1. The van der Waals surface area contributed by atoms with Gasteiger partial charge in [0.25, 0.3) is 0 Å². The van der Waals surface area contributed by atoms with Gasteiger partial charge in [0.15, 0.2) is 0 Å². The van der Waals surface area contributed by atoms with E-state index in [1.54, 1.807) is 6.20 Å². The van der Waals surface area contributed by atoms with Crippen molar-refractivity contribution in [1.29, 1.82) is 0 Å². The minimum absolute atomic E-state index is 0.111. The largest absolute Gasteiger partial charge is 0.317 e. The van der Waals surface area contributed by atoms with Crippen molar-refractivity contribution in [2.24, 2.45) is 11.8 Å². The third-order valence-electron chi connectivity index (χ3n) is 4.61. The zero-order chi connectivity index (χ0) is 15.2. The van der Waals surface area contributed by atoms with Crippen molar-refractivity contribution in [3.05, 3.63) is 54.4 Å². The first-order valence-corrected chi connectivity index (χ1v) is 8.03. The molecule has 0 saturated carbocycles. The number of aldehydes is 1. The molecule has 0 spiro atoms. The van der Waals surface area contributed by atoms with E-state index in [9.17, 15) is 4.79 Å². The molecule has 1 aliphatic heterocycles. The lowest BCUT2D eigenvalue weighted by molar-refractivity contribution is -0.112. The predicted molar refractivity (Wildman–Crippen MR) is 88.5 cm³/mol. The van der Waals surface area contributed by atoms with Crippen LogP contribution in [0.5, 0.6) is 0 Å². The fraction of sp³-hybridized carbons (Fsp3) is 0.368. The molecule has 1 atom stereocenters. The normalized spacial score (nSPS) is 17.1. The molecule has 2 heterocycles. The van der Waals surface area contributed by atoms with Crippen molar-refractivity contribution in [2.45, 2.75) is 19.3 Å². The van der Waals surface area contributed by atoms with Crippen molar-refractivity contribution in [2.75, 3.05) is 13.1 Å². The second-order valence-electron chi connectivity index (χ2n) is 5.99. The smallest absolute Gasteiger partial charge is 0.123 e. The van der Waals surface area contributed by atoms with Gasteiger partial charge in [-0.05, 0) is 55.5 Å². The summed E-state index contributed by atoms with van der Waals surface area (Å²) in [5.74, 6) is 0.612. The summed E-state index contributed by atoms with van der Waals surface area (Å²) in [6.45, 7) is 2.05. The number of nitrogens with zero attached hydrogens (tertiary/aromatic N) is 1. The Labute approximate surface area is 131 Å². The number of nitrogens with one attached hydrogen (secondary N) is 1. The van der Waals surface area contributed by atoms with E-state index in [2.05, 4.69) is 34.6 Å². The standard InChI is InChI=1S/C19H22N2O/c22-14-18(15-7-10-20-11-8-15)12-16-4-1-2-6-19(16)17-5-3-9-21-13-17/h1-6,9,13-15,18,20H,7-8,10-12H2. The van der Waals surface area contributed by atoms with Gasteiger partial charge in [0, 0.05) is 23.9 Å². The minimum atomic E-state index is 0.111. The molecule has 1 N–H and O–H groups in total. The van der Waals surface area contributed by atoms with Crippen LogP contribution in [0, 0.1) is 11.8 Å². The van der Waals surface area contributed by atoms with Crippen molar-refractivity contribution >= 4 is 6.29 Å². The van der Waals surface area contributed by atoms with E-state index in [4.69, 9.17) is 0 Å².